The Labute approximate surface area is 408 Å². The maximum Gasteiger partial charge on any atom is 0.437 e. The molecule has 0 saturated carbocycles. The number of ether oxygens (including phenoxy) is 4. The van der Waals surface area contributed by atoms with Crippen LogP contribution in [0.25, 0.3) is 0 Å². The second-order valence-corrected chi connectivity index (χ2v) is 20.3. The summed E-state index contributed by atoms with van der Waals surface area (Å²) in [7, 11) is 0. The summed E-state index contributed by atoms with van der Waals surface area (Å²) in [5.74, 6) is -1.02. The third-order valence-corrected chi connectivity index (χ3v) is 9.68. The zero-order valence-electron chi connectivity index (χ0n) is 42.1. The van der Waals surface area contributed by atoms with Gasteiger partial charge in [-0.15, -0.1) is 9.98 Å². The van der Waals surface area contributed by atoms with Crippen molar-refractivity contribution in [3.05, 3.63) is 72.3 Å². The van der Waals surface area contributed by atoms with E-state index in [1.165, 1.54) is 6.07 Å². The molecule has 5 rings (SSSR count). The van der Waals surface area contributed by atoms with Crippen molar-refractivity contribution in [2.75, 3.05) is 72.8 Å². The lowest BCUT2D eigenvalue weighted by atomic mass is 10.2. The van der Waals surface area contributed by atoms with Gasteiger partial charge in [0, 0.05) is 81.2 Å². The largest absolute Gasteiger partial charge is 0.444 e. The number of aromatic nitrogens is 2. The molecule has 22 heteroatoms. The zero-order valence-corrected chi connectivity index (χ0v) is 42.1. The molecule has 70 heavy (non-hydrogen) atoms. The minimum Gasteiger partial charge on any atom is -0.444 e. The number of alkyl carbamates (subject to hydrolysis) is 2. The van der Waals surface area contributed by atoms with Gasteiger partial charge in [-0.05, 0) is 132 Å². The van der Waals surface area contributed by atoms with Crippen LogP contribution in [0.4, 0.5) is 41.9 Å². The molecular formula is C48H66N12O10. The average Bonchev–Trinajstić information content (AvgIpc) is 3.24. The van der Waals surface area contributed by atoms with Crippen LogP contribution >= 0.6 is 0 Å². The van der Waals surface area contributed by atoms with Crippen molar-refractivity contribution in [3.63, 3.8) is 0 Å². The van der Waals surface area contributed by atoms with Gasteiger partial charge >= 0.3 is 24.4 Å². The van der Waals surface area contributed by atoms with Gasteiger partial charge in [0.05, 0.1) is 0 Å². The summed E-state index contributed by atoms with van der Waals surface area (Å²) in [6.07, 6.45) is -2.03. The molecule has 1 aromatic heterocycles. The summed E-state index contributed by atoms with van der Waals surface area (Å²) in [5.41, 5.74) is -0.351. The molecule has 0 unspecified atom stereocenters. The number of amides is 6. The SMILES string of the molecule is CC(C)(C)OC(=O)/N=C(/NC(=O)OC(C)(C)C)N1CCN(c2ccc(NC(=O)c3cc(C(=O)Nc4ccc(N5CCN(/C(=N\C(=O)OC(C)(C)C)NC(=O)OC(C)(C)C)CC5)cc4)ncn3)cc2)CC1. The van der Waals surface area contributed by atoms with Gasteiger partial charge in [0.1, 0.15) is 40.1 Å². The third-order valence-electron chi connectivity index (χ3n) is 9.68. The summed E-state index contributed by atoms with van der Waals surface area (Å²) >= 11 is 0. The predicted octanol–water partition coefficient (Wildman–Crippen LogP) is 6.86. The Kier molecular flexibility index (Phi) is 17.0. The van der Waals surface area contributed by atoms with E-state index in [1.807, 2.05) is 24.3 Å². The summed E-state index contributed by atoms with van der Waals surface area (Å²) in [6, 6.07) is 15.7. The Balaban J connectivity index is 1.13. The van der Waals surface area contributed by atoms with Gasteiger partial charge in [-0.1, -0.05) is 0 Å². The lowest BCUT2D eigenvalue weighted by Gasteiger charge is -2.37. The molecule has 0 bridgehead atoms. The molecule has 2 fully saturated rings. The van der Waals surface area contributed by atoms with Gasteiger partial charge in [-0.3, -0.25) is 20.2 Å². The van der Waals surface area contributed by atoms with Gasteiger partial charge in [0.15, 0.2) is 0 Å². The summed E-state index contributed by atoms with van der Waals surface area (Å²) in [4.78, 5) is 101. The van der Waals surface area contributed by atoms with Crippen LogP contribution in [0.2, 0.25) is 0 Å². The molecule has 0 spiro atoms. The van der Waals surface area contributed by atoms with E-state index >= 15 is 0 Å². The fourth-order valence-corrected chi connectivity index (χ4v) is 6.75. The summed E-state index contributed by atoms with van der Waals surface area (Å²) in [5, 5.41) is 10.8. The second kappa shape index (κ2) is 22.3. The van der Waals surface area contributed by atoms with E-state index in [4.69, 9.17) is 18.9 Å². The Bertz CT molecular complexity index is 2250. The molecule has 0 radical (unpaired) electrons. The van der Waals surface area contributed by atoms with Gasteiger partial charge < -0.3 is 49.2 Å². The smallest absolute Gasteiger partial charge is 0.437 e. The molecule has 0 aliphatic carbocycles. The Morgan fingerprint density at radius 2 is 0.786 bits per heavy atom. The Morgan fingerprint density at radius 1 is 0.471 bits per heavy atom. The van der Waals surface area contributed by atoms with Crippen LogP contribution in [0.5, 0.6) is 0 Å². The Morgan fingerprint density at radius 3 is 1.09 bits per heavy atom. The standard InChI is InChI=1S/C48H66N12O10/c1-45(2,3)67-41(63)53-39(54-42(64)68-46(4,5)6)59-25-21-57(22-26-59)33-17-13-31(14-18-33)51-37(61)35-29-36(50-30-49-35)38(62)52-32-15-19-34(20-16-32)58-23-27-60(28-24-58)40(55-43(65)69-47(7,8)9)56-44(66)70-48(10,11)12/h13-20,29-30H,21-28H2,1-12H3,(H,51,61)(H,52,62)(H,53,54,63,64)(H,55,56,65,66). The quantitative estimate of drug-likeness (QED) is 0.112. The van der Waals surface area contributed by atoms with Crippen molar-refractivity contribution in [2.24, 2.45) is 9.98 Å². The van der Waals surface area contributed by atoms with Crippen molar-refractivity contribution in [1.82, 2.24) is 30.4 Å². The van der Waals surface area contributed by atoms with Crippen molar-refractivity contribution in [1.29, 1.82) is 0 Å². The molecule has 3 aromatic rings. The number of guanidine groups is 2. The molecule has 2 aromatic carbocycles. The van der Waals surface area contributed by atoms with Crippen molar-refractivity contribution < 1.29 is 47.7 Å². The highest BCUT2D eigenvalue weighted by Gasteiger charge is 2.29. The molecule has 2 aliphatic heterocycles. The number of hydrogen-bond acceptors (Lipinski definition) is 14. The van der Waals surface area contributed by atoms with Crippen LogP contribution < -0.4 is 31.1 Å². The van der Waals surface area contributed by atoms with E-state index in [0.717, 1.165) is 17.7 Å². The highest BCUT2D eigenvalue weighted by atomic mass is 16.6. The number of carbonyl (C=O) groups is 6. The van der Waals surface area contributed by atoms with E-state index in [-0.39, 0.29) is 23.3 Å². The molecule has 6 amide bonds. The molecule has 2 aliphatic rings. The van der Waals surface area contributed by atoms with Crippen molar-refractivity contribution in [2.45, 2.75) is 105 Å². The molecule has 4 N–H and O–H groups in total. The minimum absolute atomic E-state index is 0.0146. The average molecular weight is 971 g/mol. The van der Waals surface area contributed by atoms with E-state index in [2.05, 4.69) is 51.0 Å². The van der Waals surface area contributed by atoms with Gasteiger partial charge in [0.2, 0.25) is 11.9 Å². The van der Waals surface area contributed by atoms with E-state index in [9.17, 15) is 28.8 Å². The number of benzene rings is 2. The molecular weight excluding hydrogens is 905 g/mol. The number of rotatable bonds is 6. The van der Waals surface area contributed by atoms with Crippen molar-refractivity contribution in [3.8, 4) is 0 Å². The third kappa shape index (κ3) is 17.5. The summed E-state index contributed by atoms with van der Waals surface area (Å²) < 4.78 is 21.5. The first-order chi connectivity index (χ1) is 32.6. The van der Waals surface area contributed by atoms with Crippen LogP contribution in [0.3, 0.4) is 0 Å². The fourth-order valence-electron chi connectivity index (χ4n) is 6.75. The van der Waals surface area contributed by atoms with Crippen molar-refractivity contribution >= 4 is 70.9 Å². The molecule has 2 saturated heterocycles. The fraction of sp³-hybridized carbons (Fsp3) is 0.500. The highest BCUT2D eigenvalue weighted by molar-refractivity contribution is 6.07. The van der Waals surface area contributed by atoms with Crippen LogP contribution in [-0.4, -0.2) is 143 Å². The number of anilines is 4. The number of nitrogens with one attached hydrogen (secondary N) is 4. The normalized spacial score (nSPS) is 15.1. The number of aliphatic imine (C=N–C) groups is 2. The first-order valence-corrected chi connectivity index (χ1v) is 22.9. The van der Waals surface area contributed by atoms with Gasteiger partial charge in [0.25, 0.3) is 11.8 Å². The second-order valence-electron chi connectivity index (χ2n) is 20.3. The van der Waals surface area contributed by atoms with Crippen LogP contribution in [0, 0.1) is 0 Å². The molecule has 22 nitrogen and oxygen atoms in total. The number of nitrogens with zero attached hydrogens (tertiary/aromatic N) is 8. The molecule has 0 atom stereocenters. The van der Waals surface area contributed by atoms with Crippen LogP contribution in [-0.2, 0) is 18.9 Å². The van der Waals surface area contributed by atoms with E-state index in [0.29, 0.717) is 63.7 Å². The predicted molar refractivity (Wildman–Crippen MR) is 264 cm³/mol. The van der Waals surface area contributed by atoms with Crippen LogP contribution in [0.15, 0.2) is 70.9 Å². The topological polar surface area (TPSA) is 251 Å². The number of carbonyl (C=O) groups excluding carboxylic acids is 6. The molecule has 3 heterocycles. The van der Waals surface area contributed by atoms with E-state index < -0.39 is 58.6 Å². The molecule has 378 valence electrons. The summed E-state index contributed by atoms with van der Waals surface area (Å²) in [6.45, 7) is 24.5. The zero-order chi connectivity index (χ0) is 51.6. The number of hydrogen-bond donors (Lipinski definition) is 4. The monoisotopic (exact) mass is 971 g/mol. The maximum absolute atomic E-state index is 13.3. The lowest BCUT2D eigenvalue weighted by Crippen LogP contribution is -2.54. The maximum atomic E-state index is 13.3. The van der Waals surface area contributed by atoms with E-state index in [1.54, 1.807) is 117 Å². The van der Waals surface area contributed by atoms with Gasteiger partial charge in [-0.25, -0.2) is 29.1 Å². The first-order valence-electron chi connectivity index (χ1n) is 22.9. The highest BCUT2D eigenvalue weighted by Crippen LogP contribution is 2.23. The van der Waals surface area contributed by atoms with Gasteiger partial charge in [-0.2, -0.15) is 0 Å². The van der Waals surface area contributed by atoms with Crippen LogP contribution in [0.1, 0.15) is 104 Å². The lowest BCUT2D eigenvalue weighted by molar-refractivity contribution is 0.0535. The first kappa shape index (κ1) is 53.4. The Hall–Kier alpha value is -7.52. The number of piperazine rings is 2. The minimum atomic E-state index is -0.841.